The van der Waals surface area contributed by atoms with Gasteiger partial charge in [-0.25, -0.2) is 0 Å². The second-order valence-electron chi connectivity index (χ2n) is 5.73. The predicted molar refractivity (Wildman–Crippen MR) is 89.6 cm³/mol. The van der Waals surface area contributed by atoms with Crippen LogP contribution in [0.4, 0.5) is 5.69 Å². The van der Waals surface area contributed by atoms with E-state index in [0.717, 1.165) is 23.4 Å². The molecule has 2 N–H and O–H groups in total. The fourth-order valence-electron chi connectivity index (χ4n) is 2.33. The van der Waals surface area contributed by atoms with Crippen molar-refractivity contribution < 1.29 is 14.3 Å². The number of nitrogens with zero attached hydrogens (tertiary/aromatic N) is 1. The molecule has 1 heterocycles. The summed E-state index contributed by atoms with van der Waals surface area (Å²) in [6.45, 7) is 4.25. The first kappa shape index (κ1) is 17.0. The Hall–Kier alpha value is -2.34. The highest BCUT2D eigenvalue weighted by atomic mass is 16.5. The van der Waals surface area contributed by atoms with Crippen molar-refractivity contribution in [3.8, 4) is 17.0 Å². The summed E-state index contributed by atoms with van der Waals surface area (Å²) in [6, 6.07) is 7.57. The van der Waals surface area contributed by atoms with Crippen LogP contribution in [-0.4, -0.2) is 36.9 Å². The molecule has 0 aliphatic rings. The van der Waals surface area contributed by atoms with Gasteiger partial charge in [-0.05, 0) is 36.6 Å². The lowest BCUT2D eigenvalue weighted by Crippen LogP contribution is -2.18. The largest absolute Gasteiger partial charge is 0.497 e. The normalized spacial score (nSPS) is 10.8. The van der Waals surface area contributed by atoms with Crippen molar-refractivity contribution in [2.75, 3.05) is 26.1 Å². The Labute approximate surface area is 136 Å². The summed E-state index contributed by atoms with van der Waals surface area (Å²) in [6.07, 6.45) is 0.797. The Kier molecular flexibility index (Phi) is 5.76. The summed E-state index contributed by atoms with van der Waals surface area (Å²) in [4.78, 5) is 11.9. The number of ether oxygens (including phenoxy) is 2. The van der Waals surface area contributed by atoms with Crippen LogP contribution in [-0.2, 0) is 16.0 Å². The van der Waals surface area contributed by atoms with Crippen molar-refractivity contribution >= 4 is 11.6 Å². The van der Waals surface area contributed by atoms with Gasteiger partial charge in [0.05, 0.1) is 18.5 Å². The summed E-state index contributed by atoms with van der Waals surface area (Å²) >= 11 is 0. The zero-order valence-corrected chi connectivity index (χ0v) is 14.0. The highest BCUT2D eigenvalue weighted by Crippen LogP contribution is 2.31. The van der Waals surface area contributed by atoms with E-state index in [1.807, 2.05) is 24.3 Å². The van der Waals surface area contributed by atoms with Crippen LogP contribution < -0.4 is 10.1 Å². The van der Waals surface area contributed by atoms with E-state index in [4.69, 9.17) is 9.47 Å². The van der Waals surface area contributed by atoms with Gasteiger partial charge in [0, 0.05) is 12.7 Å². The van der Waals surface area contributed by atoms with Crippen LogP contribution in [0.2, 0.25) is 0 Å². The summed E-state index contributed by atoms with van der Waals surface area (Å²) < 4.78 is 10.1. The first-order valence-electron chi connectivity index (χ1n) is 7.55. The van der Waals surface area contributed by atoms with Crippen LogP contribution in [0, 0.1) is 5.92 Å². The Bertz CT molecular complexity index is 648. The molecular formula is C17H23N3O3. The van der Waals surface area contributed by atoms with E-state index < -0.39 is 0 Å². The lowest BCUT2D eigenvalue weighted by atomic mass is 10.0. The number of hydrogen-bond donors (Lipinski definition) is 2. The van der Waals surface area contributed by atoms with Gasteiger partial charge in [-0.2, -0.15) is 5.10 Å². The van der Waals surface area contributed by atoms with E-state index in [0.29, 0.717) is 17.3 Å². The maximum atomic E-state index is 11.9. The zero-order valence-electron chi connectivity index (χ0n) is 14.0. The lowest BCUT2D eigenvalue weighted by molar-refractivity contribution is -0.119. The molecule has 124 valence electrons. The van der Waals surface area contributed by atoms with Crippen molar-refractivity contribution in [1.82, 2.24) is 10.2 Å². The van der Waals surface area contributed by atoms with Gasteiger partial charge in [0.15, 0.2) is 0 Å². The lowest BCUT2D eigenvalue weighted by Gasteiger charge is -2.10. The second-order valence-corrected chi connectivity index (χ2v) is 5.73. The highest BCUT2D eigenvalue weighted by molar-refractivity contribution is 5.96. The van der Waals surface area contributed by atoms with E-state index in [9.17, 15) is 4.79 Å². The molecule has 2 aromatic rings. The van der Waals surface area contributed by atoms with Crippen LogP contribution >= 0.6 is 0 Å². The van der Waals surface area contributed by atoms with Gasteiger partial charge >= 0.3 is 0 Å². The molecule has 6 nitrogen and oxygen atoms in total. The maximum absolute atomic E-state index is 11.9. The molecule has 0 atom stereocenters. The van der Waals surface area contributed by atoms with Gasteiger partial charge in [0.1, 0.15) is 18.1 Å². The monoisotopic (exact) mass is 317 g/mol. The average molecular weight is 317 g/mol. The zero-order chi connectivity index (χ0) is 16.8. The van der Waals surface area contributed by atoms with E-state index >= 15 is 0 Å². The fraction of sp³-hybridized carbons (Fsp3) is 0.412. The molecule has 1 aromatic heterocycles. The van der Waals surface area contributed by atoms with Gasteiger partial charge in [-0.15, -0.1) is 0 Å². The van der Waals surface area contributed by atoms with Crippen molar-refractivity contribution in [2.24, 2.45) is 5.92 Å². The molecule has 0 bridgehead atoms. The number of anilines is 1. The molecule has 0 saturated heterocycles. The van der Waals surface area contributed by atoms with Crippen molar-refractivity contribution in [2.45, 2.75) is 20.3 Å². The molecule has 0 aliphatic heterocycles. The molecule has 0 unspecified atom stereocenters. The number of carbonyl (C=O) groups is 1. The SMILES string of the molecule is COCC(=O)Nc1c(-c2ccc(OC)cc2)n[nH]c1CC(C)C. The number of benzene rings is 1. The van der Waals surface area contributed by atoms with Crippen molar-refractivity contribution in [1.29, 1.82) is 0 Å². The number of aromatic amines is 1. The molecule has 0 saturated carbocycles. The summed E-state index contributed by atoms with van der Waals surface area (Å²) in [7, 11) is 3.12. The van der Waals surface area contributed by atoms with Crippen LogP contribution in [0.5, 0.6) is 5.75 Å². The van der Waals surface area contributed by atoms with Gasteiger partial charge < -0.3 is 14.8 Å². The molecule has 0 fully saturated rings. The Morgan fingerprint density at radius 2 is 1.96 bits per heavy atom. The smallest absolute Gasteiger partial charge is 0.250 e. The third-order valence-corrected chi connectivity index (χ3v) is 3.36. The van der Waals surface area contributed by atoms with Gasteiger partial charge in [-0.3, -0.25) is 9.89 Å². The standard InChI is InChI=1S/C17H23N3O3/c1-11(2)9-14-17(18-15(21)10-22-3)16(20-19-14)12-5-7-13(23-4)8-6-12/h5-8,11H,9-10H2,1-4H3,(H,18,21)(H,19,20). The number of H-pyrrole nitrogens is 1. The highest BCUT2D eigenvalue weighted by Gasteiger charge is 2.18. The molecule has 0 spiro atoms. The van der Waals surface area contributed by atoms with Gasteiger partial charge in [0.2, 0.25) is 5.91 Å². The van der Waals surface area contributed by atoms with Crippen LogP contribution in [0.15, 0.2) is 24.3 Å². The first-order valence-corrected chi connectivity index (χ1v) is 7.55. The number of carbonyl (C=O) groups excluding carboxylic acids is 1. The number of methoxy groups -OCH3 is 2. The number of hydrogen-bond acceptors (Lipinski definition) is 4. The maximum Gasteiger partial charge on any atom is 0.250 e. The number of nitrogens with one attached hydrogen (secondary N) is 2. The van der Waals surface area contributed by atoms with Crippen LogP contribution in [0.1, 0.15) is 19.5 Å². The molecule has 1 amide bonds. The fourth-order valence-corrected chi connectivity index (χ4v) is 2.33. The van der Waals surface area contributed by atoms with Crippen LogP contribution in [0.25, 0.3) is 11.3 Å². The predicted octanol–water partition coefficient (Wildman–Crippen LogP) is 2.87. The quantitative estimate of drug-likeness (QED) is 0.823. The Balaban J connectivity index is 2.36. The minimum absolute atomic E-state index is 0.00828. The van der Waals surface area contributed by atoms with Gasteiger partial charge in [0.25, 0.3) is 0 Å². The van der Waals surface area contributed by atoms with Gasteiger partial charge in [-0.1, -0.05) is 13.8 Å². The second kappa shape index (κ2) is 7.78. The third kappa shape index (κ3) is 4.32. The molecule has 0 radical (unpaired) electrons. The minimum Gasteiger partial charge on any atom is -0.497 e. The molecule has 23 heavy (non-hydrogen) atoms. The molecule has 0 aliphatic carbocycles. The summed E-state index contributed by atoms with van der Waals surface area (Å²) in [5.74, 6) is 1.02. The van der Waals surface area contributed by atoms with Crippen molar-refractivity contribution in [3.63, 3.8) is 0 Å². The van der Waals surface area contributed by atoms with Crippen LogP contribution in [0.3, 0.4) is 0 Å². The molecule has 2 rings (SSSR count). The number of aromatic nitrogens is 2. The van der Waals surface area contributed by atoms with E-state index in [1.165, 1.54) is 7.11 Å². The van der Waals surface area contributed by atoms with Crippen molar-refractivity contribution in [3.05, 3.63) is 30.0 Å². The molecule has 1 aromatic carbocycles. The average Bonchev–Trinajstić information content (AvgIpc) is 2.89. The minimum atomic E-state index is -0.200. The summed E-state index contributed by atoms with van der Waals surface area (Å²) in [5, 5.41) is 10.3. The number of rotatable bonds is 7. The van der Waals surface area contributed by atoms with E-state index in [1.54, 1.807) is 7.11 Å². The molecular weight excluding hydrogens is 294 g/mol. The van der Waals surface area contributed by atoms with E-state index in [-0.39, 0.29) is 12.5 Å². The molecule has 6 heteroatoms. The Morgan fingerprint density at radius 1 is 1.26 bits per heavy atom. The topological polar surface area (TPSA) is 76.2 Å². The van der Waals surface area contributed by atoms with E-state index in [2.05, 4.69) is 29.4 Å². The summed E-state index contributed by atoms with van der Waals surface area (Å²) in [5.41, 5.74) is 3.25. The Morgan fingerprint density at radius 3 is 2.52 bits per heavy atom. The third-order valence-electron chi connectivity index (χ3n) is 3.36. The first-order chi connectivity index (χ1) is 11.0. The number of amides is 1.